The molecule has 2 aromatic rings. The monoisotopic (exact) mass is 411 g/mol. The topological polar surface area (TPSA) is 78.5 Å². The van der Waals surface area contributed by atoms with Crippen molar-refractivity contribution in [2.45, 2.75) is 24.4 Å². The molecule has 9 heteroatoms. The van der Waals surface area contributed by atoms with Crippen LogP contribution in [-0.4, -0.2) is 39.9 Å². The Morgan fingerprint density at radius 3 is 2.25 bits per heavy atom. The maximum Gasteiger partial charge on any atom is 0.240 e. The molecule has 0 aromatic heterocycles. The molecular weight excluding hydrogens is 388 g/mol. The molecule has 0 aliphatic rings. The van der Waals surface area contributed by atoms with Crippen LogP contribution in [0.5, 0.6) is 0 Å². The lowest BCUT2D eigenvalue weighted by molar-refractivity contribution is -0.121. The third-order valence-electron chi connectivity index (χ3n) is 3.86. The largest absolute Gasteiger partial charge is 0.352 e. The number of nitrogens with one attached hydrogen (secondary N) is 2. The minimum Gasteiger partial charge on any atom is -0.352 e. The lowest BCUT2D eigenvalue weighted by Crippen LogP contribution is -2.30. The number of carbonyl (C=O) groups is 1. The molecule has 0 saturated heterocycles. The fourth-order valence-electron chi connectivity index (χ4n) is 2.44. The van der Waals surface area contributed by atoms with Gasteiger partial charge in [-0.2, -0.15) is 0 Å². The summed E-state index contributed by atoms with van der Waals surface area (Å²) < 4.78 is 52.3. The Bertz CT molecular complexity index is 917. The van der Waals surface area contributed by atoms with Gasteiger partial charge in [0, 0.05) is 26.1 Å². The van der Waals surface area contributed by atoms with Crippen LogP contribution in [0.4, 0.5) is 8.78 Å². The molecule has 0 heterocycles. The first-order chi connectivity index (χ1) is 13.2. The highest BCUT2D eigenvalue weighted by Gasteiger charge is 2.16. The standard InChI is InChI=1S/C19H23F2N3O3S/c1-24(2)13-15-5-3-14(4-6-15)12-22-19(25)9-10-23-28(26,27)16-7-8-17(20)18(21)11-16/h3-8,11,23H,9-10,12-13H2,1-2H3,(H,22,25). The third kappa shape index (κ3) is 6.66. The van der Waals surface area contributed by atoms with E-state index in [-0.39, 0.29) is 18.9 Å². The average Bonchev–Trinajstić information content (AvgIpc) is 2.62. The van der Waals surface area contributed by atoms with Crippen molar-refractivity contribution in [2.24, 2.45) is 0 Å². The van der Waals surface area contributed by atoms with Crippen molar-refractivity contribution < 1.29 is 22.0 Å². The maximum atomic E-state index is 13.2. The molecule has 0 aliphatic heterocycles. The fraction of sp³-hybridized carbons (Fsp3) is 0.316. The molecular formula is C19H23F2N3O3S. The molecule has 0 aliphatic carbocycles. The molecule has 0 spiro atoms. The Morgan fingerprint density at radius 1 is 1.00 bits per heavy atom. The molecule has 0 fully saturated rings. The zero-order valence-electron chi connectivity index (χ0n) is 15.7. The highest BCUT2D eigenvalue weighted by atomic mass is 32.2. The Morgan fingerprint density at radius 2 is 1.64 bits per heavy atom. The first-order valence-electron chi connectivity index (χ1n) is 8.61. The van der Waals surface area contributed by atoms with Crippen molar-refractivity contribution in [3.8, 4) is 0 Å². The number of benzene rings is 2. The van der Waals surface area contributed by atoms with Crippen molar-refractivity contribution in [1.29, 1.82) is 0 Å². The Hall–Kier alpha value is -2.36. The van der Waals surface area contributed by atoms with Gasteiger partial charge in [-0.1, -0.05) is 24.3 Å². The SMILES string of the molecule is CN(C)Cc1ccc(CNC(=O)CCNS(=O)(=O)c2ccc(F)c(F)c2)cc1. The van der Waals surface area contributed by atoms with E-state index in [0.717, 1.165) is 29.8 Å². The second-order valence-corrected chi connectivity index (χ2v) is 8.32. The summed E-state index contributed by atoms with van der Waals surface area (Å²) in [5.41, 5.74) is 2.09. The van der Waals surface area contributed by atoms with Crippen LogP contribution < -0.4 is 10.0 Å². The van der Waals surface area contributed by atoms with E-state index in [2.05, 4.69) is 14.9 Å². The van der Waals surface area contributed by atoms with Crippen molar-refractivity contribution in [3.05, 3.63) is 65.2 Å². The van der Waals surface area contributed by atoms with Crippen molar-refractivity contribution in [3.63, 3.8) is 0 Å². The van der Waals surface area contributed by atoms with Gasteiger partial charge in [-0.15, -0.1) is 0 Å². The van der Waals surface area contributed by atoms with Crippen LogP contribution in [0.2, 0.25) is 0 Å². The summed E-state index contributed by atoms with van der Waals surface area (Å²) in [6.07, 6.45) is -0.0817. The van der Waals surface area contributed by atoms with Crippen LogP contribution in [0.25, 0.3) is 0 Å². The quantitative estimate of drug-likeness (QED) is 0.662. The maximum absolute atomic E-state index is 13.2. The fourth-order valence-corrected chi connectivity index (χ4v) is 3.49. The second kappa shape index (κ2) is 9.72. The van der Waals surface area contributed by atoms with Gasteiger partial charge in [0.15, 0.2) is 11.6 Å². The van der Waals surface area contributed by atoms with Gasteiger partial charge in [-0.3, -0.25) is 4.79 Å². The van der Waals surface area contributed by atoms with Crippen molar-refractivity contribution in [2.75, 3.05) is 20.6 Å². The van der Waals surface area contributed by atoms with E-state index in [9.17, 15) is 22.0 Å². The molecule has 1 amide bonds. The van der Waals surface area contributed by atoms with Gasteiger partial charge in [0.1, 0.15) is 0 Å². The summed E-state index contributed by atoms with van der Waals surface area (Å²) in [6.45, 7) is 0.997. The van der Waals surface area contributed by atoms with E-state index in [0.29, 0.717) is 12.6 Å². The smallest absolute Gasteiger partial charge is 0.240 e. The normalized spacial score (nSPS) is 11.6. The van der Waals surface area contributed by atoms with Crippen LogP contribution in [0, 0.1) is 11.6 Å². The number of carbonyl (C=O) groups excluding carboxylic acids is 1. The molecule has 6 nitrogen and oxygen atoms in total. The zero-order valence-corrected chi connectivity index (χ0v) is 16.5. The van der Waals surface area contributed by atoms with E-state index in [1.54, 1.807) is 0 Å². The predicted molar refractivity (Wildman–Crippen MR) is 102 cm³/mol. The predicted octanol–water partition coefficient (Wildman–Crippen LogP) is 2.01. The van der Waals surface area contributed by atoms with E-state index >= 15 is 0 Å². The third-order valence-corrected chi connectivity index (χ3v) is 5.32. The lowest BCUT2D eigenvalue weighted by Gasteiger charge is -2.11. The van der Waals surface area contributed by atoms with Crippen LogP contribution in [0.1, 0.15) is 17.5 Å². The molecule has 0 atom stereocenters. The van der Waals surface area contributed by atoms with E-state index in [1.807, 2.05) is 38.4 Å². The molecule has 28 heavy (non-hydrogen) atoms. The Kier molecular flexibility index (Phi) is 7.61. The van der Waals surface area contributed by atoms with Crippen molar-refractivity contribution >= 4 is 15.9 Å². The number of hydrogen-bond donors (Lipinski definition) is 2. The van der Waals surface area contributed by atoms with Crippen LogP contribution in [-0.2, 0) is 27.9 Å². The van der Waals surface area contributed by atoms with Gasteiger partial charge >= 0.3 is 0 Å². The van der Waals surface area contributed by atoms with E-state index in [4.69, 9.17) is 0 Å². The van der Waals surface area contributed by atoms with E-state index < -0.39 is 26.6 Å². The highest BCUT2D eigenvalue weighted by molar-refractivity contribution is 7.89. The first-order valence-corrected chi connectivity index (χ1v) is 10.1. The zero-order chi connectivity index (χ0) is 20.7. The minimum atomic E-state index is -4.02. The summed E-state index contributed by atoms with van der Waals surface area (Å²) in [5, 5.41) is 2.71. The molecule has 2 N–H and O–H groups in total. The Labute approximate surface area is 163 Å². The van der Waals surface area contributed by atoms with Gasteiger partial charge in [0.25, 0.3) is 0 Å². The Balaban J connectivity index is 1.78. The second-order valence-electron chi connectivity index (χ2n) is 6.55. The minimum absolute atomic E-state index is 0.0817. The number of nitrogens with zero attached hydrogens (tertiary/aromatic N) is 1. The van der Waals surface area contributed by atoms with Gasteiger partial charge in [0.05, 0.1) is 4.90 Å². The van der Waals surface area contributed by atoms with Gasteiger partial charge < -0.3 is 10.2 Å². The molecule has 0 saturated carbocycles. The number of hydrogen-bond acceptors (Lipinski definition) is 4. The summed E-state index contributed by atoms with van der Waals surface area (Å²) >= 11 is 0. The molecule has 2 rings (SSSR count). The molecule has 152 valence electrons. The summed E-state index contributed by atoms with van der Waals surface area (Å²) in [5.74, 6) is -2.71. The summed E-state index contributed by atoms with van der Waals surface area (Å²) in [4.78, 5) is 13.5. The number of amides is 1. The van der Waals surface area contributed by atoms with Crippen LogP contribution in [0.3, 0.4) is 0 Å². The summed E-state index contributed by atoms with van der Waals surface area (Å²) in [7, 11) is -0.0555. The van der Waals surface area contributed by atoms with E-state index in [1.165, 1.54) is 0 Å². The number of rotatable bonds is 9. The van der Waals surface area contributed by atoms with Crippen LogP contribution in [0.15, 0.2) is 47.4 Å². The highest BCUT2D eigenvalue weighted by Crippen LogP contribution is 2.13. The van der Waals surface area contributed by atoms with Gasteiger partial charge in [0.2, 0.25) is 15.9 Å². The average molecular weight is 411 g/mol. The van der Waals surface area contributed by atoms with Gasteiger partial charge in [-0.05, 0) is 43.4 Å². The van der Waals surface area contributed by atoms with Gasteiger partial charge in [-0.25, -0.2) is 21.9 Å². The first kappa shape index (κ1) is 21.9. The molecule has 2 aromatic carbocycles. The molecule has 0 bridgehead atoms. The lowest BCUT2D eigenvalue weighted by atomic mass is 10.1. The number of halogens is 2. The van der Waals surface area contributed by atoms with Crippen LogP contribution >= 0.6 is 0 Å². The number of sulfonamides is 1. The molecule has 0 radical (unpaired) electrons. The summed E-state index contributed by atoms with van der Waals surface area (Å²) in [6, 6.07) is 10.1. The molecule has 0 unspecified atom stereocenters. The van der Waals surface area contributed by atoms with Crippen molar-refractivity contribution in [1.82, 2.24) is 14.9 Å².